The van der Waals surface area contributed by atoms with E-state index >= 15 is 0 Å². The van der Waals surface area contributed by atoms with E-state index in [-0.39, 0.29) is 12.4 Å². The highest BCUT2D eigenvalue weighted by Gasteiger charge is 2.53. The Balaban J connectivity index is 1.24. The van der Waals surface area contributed by atoms with Crippen LogP contribution < -0.4 is 27.4 Å². The molecule has 11 heteroatoms. The average molecular weight is 667 g/mol. The zero-order valence-electron chi connectivity index (χ0n) is 27.7. The Morgan fingerprint density at radius 1 is 0.837 bits per heavy atom. The fourth-order valence-electron chi connectivity index (χ4n) is 8.58. The molecule has 3 aromatic carbocycles. The van der Waals surface area contributed by atoms with Crippen molar-refractivity contribution in [3.63, 3.8) is 0 Å². The Hall–Kier alpha value is -4.93. The van der Waals surface area contributed by atoms with Crippen LogP contribution in [0.4, 0.5) is 4.79 Å². The van der Waals surface area contributed by atoms with E-state index < -0.39 is 41.6 Å². The molecule has 4 aliphatic carbocycles. The summed E-state index contributed by atoms with van der Waals surface area (Å²) in [6.45, 7) is 0.310. The van der Waals surface area contributed by atoms with Crippen molar-refractivity contribution in [2.24, 2.45) is 34.2 Å². The number of alkyl carbamates (subject to hydrolysis) is 1. The van der Waals surface area contributed by atoms with E-state index in [1.165, 1.54) is 19.3 Å². The van der Waals surface area contributed by atoms with Gasteiger partial charge in [0.25, 0.3) is 0 Å². The highest BCUT2D eigenvalue weighted by atomic mass is 16.6. The molecule has 7 rings (SSSR count). The second kappa shape index (κ2) is 15.1. The summed E-state index contributed by atoms with van der Waals surface area (Å²) in [5.74, 6) is 0.600. The summed E-state index contributed by atoms with van der Waals surface area (Å²) in [6.07, 6.45) is 7.17. The number of rotatable bonds is 14. The first kappa shape index (κ1) is 34.0. The standard InChI is InChI=1S/C38H46N6O5/c39-36(40)41-15-7-12-29(23-45)42-34(46)32(19-24-8-2-1-3-9-24)43-35(47)33(31-14-6-11-28-10-4-5-13-30(28)31)44-37(48)49-38-20-25-16-26(21-38)18-27(17-25)22-38/h1-6,8-11,13-14,23,25-27,29,32-33H,7,12,15-22H2,(H,42,46)(H,43,47)(H,44,48)(H4,39,40,41)/t25?,26?,27?,29-,32-,33+,38?/m0/s1. The molecule has 0 aromatic heterocycles. The predicted octanol–water partition coefficient (Wildman–Crippen LogP) is 4.04. The summed E-state index contributed by atoms with van der Waals surface area (Å²) in [7, 11) is 0. The number of ether oxygens (including phenoxy) is 1. The fraction of sp³-hybridized carbons (Fsp3) is 0.447. The van der Waals surface area contributed by atoms with E-state index in [1.807, 2.05) is 72.8 Å². The Labute approximate surface area is 286 Å². The predicted molar refractivity (Wildman–Crippen MR) is 187 cm³/mol. The van der Waals surface area contributed by atoms with Gasteiger partial charge in [-0.2, -0.15) is 0 Å². The van der Waals surface area contributed by atoms with Gasteiger partial charge < -0.3 is 36.9 Å². The Morgan fingerprint density at radius 3 is 2.16 bits per heavy atom. The molecule has 4 saturated carbocycles. The third kappa shape index (κ3) is 8.39. The van der Waals surface area contributed by atoms with Crippen molar-refractivity contribution < 1.29 is 23.9 Å². The van der Waals surface area contributed by atoms with Crippen molar-refractivity contribution in [3.05, 3.63) is 83.9 Å². The average Bonchev–Trinajstić information content (AvgIpc) is 3.07. The molecule has 3 amide bonds. The molecule has 0 heterocycles. The summed E-state index contributed by atoms with van der Waals surface area (Å²) in [5, 5.41) is 10.3. The van der Waals surface area contributed by atoms with Gasteiger partial charge in [0, 0.05) is 13.0 Å². The lowest BCUT2D eigenvalue weighted by Gasteiger charge is -2.55. The second-order valence-electron chi connectivity index (χ2n) is 14.1. The number of amides is 3. The van der Waals surface area contributed by atoms with Crippen molar-refractivity contribution in [1.82, 2.24) is 16.0 Å². The third-order valence-corrected chi connectivity index (χ3v) is 10.3. The molecule has 4 aliphatic rings. The lowest BCUT2D eigenvalue weighted by molar-refractivity contribution is -0.133. The van der Waals surface area contributed by atoms with Crippen molar-refractivity contribution in [2.45, 2.75) is 81.5 Å². The van der Waals surface area contributed by atoms with Crippen molar-refractivity contribution in [2.75, 3.05) is 6.54 Å². The molecule has 3 atom stereocenters. The minimum atomic E-state index is -1.15. The number of hydrogen-bond donors (Lipinski definition) is 5. The zero-order chi connectivity index (χ0) is 34.4. The molecule has 3 aromatic rings. The largest absolute Gasteiger partial charge is 0.443 e. The van der Waals surface area contributed by atoms with E-state index in [2.05, 4.69) is 20.9 Å². The van der Waals surface area contributed by atoms with Gasteiger partial charge in [-0.3, -0.25) is 14.6 Å². The number of aliphatic imine (C=N–C) groups is 1. The molecule has 7 N–H and O–H groups in total. The van der Waals surface area contributed by atoms with Crippen LogP contribution in [0, 0.1) is 17.8 Å². The first-order chi connectivity index (χ1) is 23.7. The van der Waals surface area contributed by atoms with Gasteiger partial charge in [0.1, 0.15) is 24.0 Å². The van der Waals surface area contributed by atoms with Crippen LogP contribution in [-0.2, 0) is 25.5 Å². The minimum Gasteiger partial charge on any atom is -0.443 e. The maximum atomic E-state index is 14.4. The molecule has 4 bridgehead atoms. The van der Waals surface area contributed by atoms with Crippen LogP contribution >= 0.6 is 0 Å². The molecule has 49 heavy (non-hydrogen) atoms. The molecule has 0 spiro atoms. The Bertz CT molecular complexity index is 1650. The lowest BCUT2D eigenvalue weighted by atomic mass is 9.54. The van der Waals surface area contributed by atoms with Crippen LogP contribution in [-0.4, -0.2) is 54.4 Å². The number of carbonyl (C=O) groups is 4. The van der Waals surface area contributed by atoms with Crippen LogP contribution in [0.2, 0.25) is 0 Å². The van der Waals surface area contributed by atoms with Crippen LogP contribution in [0.3, 0.4) is 0 Å². The molecule has 11 nitrogen and oxygen atoms in total. The van der Waals surface area contributed by atoms with Gasteiger partial charge in [-0.15, -0.1) is 0 Å². The number of aldehydes is 1. The normalized spacial score (nSPS) is 23.9. The maximum absolute atomic E-state index is 14.4. The molecule has 0 unspecified atom stereocenters. The minimum absolute atomic E-state index is 0.0477. The number of fused-ring (bicyclic) bond motifs is 1. The molecule has 258 valence electrons. The summed E-state index contributed by atoms with van der Waals surface area (Å²) < 4.78 is 6.27. The van der Waals surface area contributed by atoms with Gasteiger partial charge in [-0.05, 0) is 91.0 Å². The first-order valence-electron chi connectivity index (χ1n) is 17.3. The Morgan fingerprint density at radius 2 is 1.49 bits per heavy atom. The SMILES string of the molecule is NC(N)=NCCC[C@@H](C=O)NC(=O)[C@H](Cc1ccccc1)NC(=O)[C@H](NC(=O)OC12CC3CC(CC(C3)C1)C2)c1cccc2ccccc12. The molecule has 4 fully saturated rings. The van der Waals surface area contributed by atoms with E-state index in [1.54, 1.807) is 0 Å². The maximum Gasteiger partial charge on any atom is 0.408 e. The number of carbonyl (C=O) groups excluding carboxylic acids is 4. The van der Waals surface area contributed by atoms with E-state index in [0.29, 0.717) is 49.0 Å². The van der Waals surface area contributed by atoms with E-state index in [9.17, 15) is 19.2 Å². The first-order valence-corrected chi connectivity index (χ1v) is 17.3. The lowest BCUT2D eigenvalue weighted by Crippen LogP contribution is -2.55. The molecule has 0 aliphatic heterocycles. The number of benzene rings is 3. The van der Waals surface area contributed by atoms with Gasteiger partial charge in [-0.1, -0.05) is 72.8 Å². The highest BCUT2D eigenvalue weighted by molar-refractivity contribution is 5.97. The van der Waals surface area contributed by atoms with E-state index in [4.69, 9.17) is 16.2 Å². The van der Waals surface area contributed by atoms with Crippen LogP contribution in [0.1, 0.15) is 68.5 Å². The van der Waals surface area contributed by atoms with Gasteiger partial charge >= 0.3 is 6.09 Å². The zero-order valence-corrected chi connectivity index (χ0v) is 27.7. The summed E-state index contributed by atoms with van der Waals surface area (Å²) in [6, 6.07) is 19.5. The van der Waals surface area contributed by atoms with Crippen molar-refractivity contribution in [3.8, 4) is 0 Å². The summed E-state index contributed by atoms with van der Waals surface area (Å²) >= 11 is 0. The van der Waals surface area contributed by atoms with Crippen LogP contribution in [0.15, 0.2) is 77.8 Å². The van der Waals surface area contributed by atoms with Crippen LogP contribution in [0.25, 0.3) is 10.8 Å². The third-order valence-electron chi connectivity index (χ3n) is 10.3. The second-order valence-corrected chi connectivity index (χ2v) is 14.1. The van der Waals surface area contributed by atoms with Gasteiger partial charge in [0.15, 0.2) is 5.96 Å². The number of nitrogens with zero attached hydrogens (tertiary/aromatic N) is 1. The van der Waals surface area contributed by atoms with Gasteiger partial charge in [0.2, 0.25) is 11.8 Å². The van der Waals surface area contributed by atoms with Crippen molar-refractivity contribution in [1.29, 1.82) is 0 Å². The molecular weight excluding hydrogens is 620 g/mol. The van der Waals surface area contributed by atoms with Gasteiger partial charge in [0.05, 0.1) is 6.04 Å². The number of nitrogens with one attached hydrogen (secondary N) is 3. The van der Waals surface area contributed by atoms with Gasteiger partial charge in [-0.25, -0.2) is 4.79 Å². The van der Waals surface area contributed by atoms with E-state index in [0.717, 1.165) is 35.6 Å². The number of nitrogens with two attached hydrogens (primary N) is 2. The summed E-state index contributed by atoms with van der Waals surface area (Å²) in [5.41, 5.74) is 11.7. The molecule has 0 radical (unpaired) electrons. The van der Waals surface area contributed by atoms with Crippen LogP contribution in [0.5, 0.6) is 0 Å². The molecular formula is C38H46N6O5. The topological polar surface area (TPSA) is 178 Å². The quantitative estimate of drug-likeness (QED) is 0.0746. The summed E-state index contributed by atoms with van der Waals surface area (Å²) in [4.78, 5) is 57.7. The number of guanidine groups is 1. The highest BCUT2D eigenvalue weighted by Crippen LogP contribution is 2.57. The van der Waals surface area contributed by atoms with Crippen molar-refractivity contribution >= 4 is 40.9 Å². The smallest absolute Gasteiger partial charge is 0.408 e. The Kier molecular flexibility index (Phi) is 10.5. The number of hydrogen-bond acceptors (Lipinski definition) is 6. The fourth-order valence-corrected chi connectivity index (χ4v) is 8.58. The monoisotopic (exact) mass is 666 g/mol. The molecule has 0 saturated heterocycles.